The SMILES string of the molecule is N=CC(=O)CCS(=O)(=O)Cc1cccc(Oc2ccccc2)c1. The van der Waals surface area contributed by atoms with Crippen LogP contribution in [0.1, 0.15) is 12.0 Å². The van der Waals surface area contributed by atoms with Crippen LogP contribution in [-0.2, 0) is 20.4 Å². The van der Waals surface area contributed by atoms with E-state index >= 15 is 0 Å². The van der Waals surface area contributed by atoms with Crippen molar-refractivity contribution < 1.29 is 17.9 Å². The number of para-hydroxylation sites is 1. The first kappa shape index (κ1) is 16.9. The Morgan fingerprint density at radius 3 is 2.43 bits per heavy atom. The van der Waals surface area contributed by atoms with Crippen molar-refractivity contribution in [3.63, 3.8) is 0 Å². The second kappa shape index (κ2) is 7.69. The first-order valence-corrected chi connectivity index (χ1v) is 8.86. The molecular weight excluding hydrogens is 314 g/mol. The fourth-order valence-corrected chi connectivity index (χ4v) is 3.32. The number of carbonyl (C=O) groups excluding carboxylic acids is 1. The van der Waals surface area contributed by atoms with Crippen LogP contribution in [0.2, 0.25) is 0 Å². The molecular formula is C17H17NO4S. The molecule has 0 unspecified atom stereocenters. The molecule has 120 valence electrons. The third-order valence-corrected chi connectivity index (χ3v) is 4.68. The van der Waals surface area contributed by atoms with Crippen molar-refractivity contribution in [3.05, 3.63) is 60.2 Å². The van der Waals surface area contributed by atoms with Gasteiger partial charge in [-0.15, -0.1) is 0 Å². The number of Topliss-reactive ketones (excluding diaryl/α,β-unsaturated/α-hetero) is 1. The summed E-state index contributed by atoms with van der Waals surface area (Å²) in [5.74, 6) is 0.313. The summed E-state index contributed by atoms with van der Waals surface area (Å²) in [5.41, 5.74) is 0.598. The number of ether oxygens (including phenoxy) is 1. The van der Waals surface area contributed by atoms with Crippen LogP contribution in [-0.4, -0.2) is 26.2 Å². The van der Waals surface area contributed by atoms with Gasteiger partial charge in [-0.25, -0.2) is 8.42 Å². The van der Waals surface area contributed by atoms with Crippen LogP contribution in [0, 0.1) is 5.41 Å². The molecule has 0 radical (unpaired) electrons. The second-order valence-corrected chi connectivity index (χ2v) is 7.20. The lowest BCUT2D eigenvalue weighted by Gasteiger charge is -2.08. The van der Waals surface area contributed by atoms with Crippen LogP contribution in [0.25, 0.3) is 0 Å². The minimum absolute atomic E-state index is 0.161. The van der Waals surface area contributed by atoms with E-state index in [1.54, 1.807) is 24.3 Å². The topological polar surface area (TPSA) is 84.3 Å². The average Bonchev–Trinajstić information content (AvgIpc) is 2.53. The molecule has 2 aromatic rings. The highest BCUT2D eigenvalue weighted by Gasteiger charge is 2.14. The zero-order valence-corrected chi connectivity index (χ0v) is 13.3. The highest BCUT2D eigenvalue weighted by Crippen LogP contribution is 2.22. The van der Waals surface area contributed by atoms with Crippen LogP contribution in [0.3, 0.4) is 0 Å². The molecule has 2 aromatic carbocycles. The minimum Gasteiger partial charge on any atom is -0.457 e. The van der Waals surface area contributed by atoms with Crippen LogP contribution in [0.5, 0.6) is 11.5 Å². The number of benzene rings is 2. The molecule has 0 bridgehead atoms. The second-order valence-electron chi connectivity index (χ2n) is 5.02. The van der Waals surface area contributed by atoms with Gasteiger partial charge in [-0.1, -0.05) is 30.3 Å². The van der Waals surface area contributed by atoms with E-state index in [1.807, 2.05) is 30.3 Å². The zero-order valence-electron chi connectivity index (χ0n) is 12.4. The monoisotopic (exact) mass is 331 g/mol. The van der Waals surface area contributed by atoms with E-state index in [2.05, 4.69) is 0 Å². The Kier molecular flexibility index (Phi) is 5.65. The summed E-state index contributed by atoms with van der Waals surface area (Å²) in [6, 6.07) is 16.1. The number of ketones is 1. The molecule has 0 aliphatic heterocycles. The highest BCUT2D eigenvalue weighted by molar-refractivity contribution is 7.90. The number of rotatable bonds is 8. The average molecular weight is 331 g/mol. The highest BCUT2D eigenvalue weighted by atomic mass is 32.2. The van der Waals surface area contributed by atoms with Crippen LogP contribution in [0.15, 0.2) is 54.6 Å². The van der Waals surface area contributed by atoms with Gasteiger partial charge in [0, 0.05) is 6.42 Å². The number of carbonyl (C=O) groups is 1. The summed E-state index contributed by atoms with van der Waals surface area (Å²) in [6.45, 7) is 0. The molecule has 0 fully saturated rings. The summed E-state index contributed by atoms with van der Waals surface area (Å²) < 4.78 is 29.7. The quantitative estimate of drug-likeness (QED) is 0.754. The Balaban J connectivity index is 2.04. The number of sulfone groups is 1. The van der Waals surface area contributed by atoms with E-state index in [0.717, 1.165) is 0 Å². The normalized spacial score (nSPS) is 11.0. The smallest absolute Gasteiger partial charge is 0.174 e. The van der Waals surface area contributed by atoms with E-state index in [9.17, 15) is 13.2 Å². The molecule has 0 saturated carbocycles. The largest absolute Gasteiger partial charge is 0.457 e. The van der Waals surface area contributed by atoms with E-state index < -0.39 is 15.6 Å². The third-order valence-electron chi connectivity index (χ3n) is 3.08. The molecule has 5 nitrogen and oxygen atoms in total. The fourth-order valence-electron chi connectivity index (χ4n) is 1.98. The predicted octanol–water partition coefficient (Wildman–Crippen LogP) is 3.00. The summed E-state index contributed by atoms with van der Waals surface area (Å²) in [6.07, 6.45) is 0.482. The number of hydrogen-bond acceptors (Lipinski definition) is 5. The predicted molar refractivity (Wildman–Crippen MR) is 88.9 cm³/mol. The molecule has 0 aliphatic carbocycles. The van der Waals surface area contributed by atoms with Crippen molar-refractivity contribution in [1.82, 2.24) is 0 Å². The van der Waals surface area contributed by atoms with E-state index in [4.69, 9.17) is 10.1 Å². The maximum Gasteiger partial charge on any atom is 0.174 e. The summed E-state index contributed by atoms with van der Waals surface area (Å²) in [7, 11) is -3.41. The Bertz CT molecular complexity index is 785. The van der Waals surface area contributed by atoms with Crippen molar-refractivity contribution >= 4 is 21.8 Å². The molecule has 0 atom stereocenters. The van der Waals surface area contributed by atoms with Gasteiger partial charge in [0.25, 0.3) is 0 Å². The van der Waals surface area contributed by atoms with Gasteiger partial charge in [0.1, 0.15) is 11.5 Å². The minimum atomic E-state index is -3.41. The van der Waals surface area contributed by atoms with Crippen LogP contribution < -0.4 is 4.74 Å². The van der Waals surface area contributed by atoms with E-state index in [0.29, 0.717) is 23.3 Å². The van der Waals surface area contributed by atoms with Gasteiger partial charge in [0.15, 0.2) is 15.6 Å². The van der Waals surface area contributed by atoms with Gasteiger partial charge in [-0.2, -0.15) is 0 Å². The van der Waals surface area contributed by atoms with Gasteiger partial charge in [0.2, 0.25) is 0 Å². The molecule has 0 amide bonds. The first-order chi connectivity index (χ1) is 11.0. The van der Waals surface area contributed by atoms with Gasteiger partial charge in [0.05, 0.1) is 17.7 Å². The fraction of sp³-hybridized carbons (Fsp3) is 0.176. The maximum atomic E-state index is 12.0. The Morgan fingerprint density at radius 1 is 1.04 bits per heavy atom. The number of hydrogen-bond donors (Lipinski definition) is 1. The molecule has 0 aliphatic rings. The molecule has 0 saturated heterocycles. The number of nitrogens with one attached hydrogen (secondary N) is 1. The first-order valence-electron chi connectivity index (χ1n) is 7.04. The van der Waals surface area contributed by atoms with Gasteiger partial charge < -0.3 is 10.1 Å². The van der Waals surface area contributed by atoms with Crippen molar-refractivity contribution in [3.8, 4) is 11.5 Å². The lowest BCUT2D eigenvalue weighted by Crippen LogP contribution is -2.13. The molecule has 0 heterocycles. The van der Waals surface area contributed by atoms with Crippen molar-refractivity contribution in [2.24, 2.45) is 0 Å². The molecule has 6 heteroatoms. The Morgan fingerprint density at radius 2 is 1.74 bits per heavy atom. The van der Waals surface area contributed by atoms with Gasteiger partial charge in [-0.3, -0.25) is 4.79 Å². The summed E-state index contributed by atoms with van der Waals surface area (Å²) in [5, 5.41) is 6.79. The lowest BCUT2D eigenvalue weighted by molar-refractivity contribution is -0.112. The van der Waals surface area contributed by atoms with E-state index in [-0.39, 0.29) is 17.9 Å². The van der Waals surface area contributed by atoms with Crippen molar-refractivity contribution in [2.45, 2.75) is 12.2 Å². The Hall–Kier alpha value is -2.47. The molecule has 0 spiro atoms. The van der Waals surface area contributed by atoms with Crippen molar-refractivity contribution in [2.75, 3.05) is 5.75 Å². The molecule has 2 rings (SSSR count). The van der Waals surface area contributed by atoms with Crippen molar-refractivity contribution in [1.29, 1.82) is 5.41 Å². The summed E-state index contributed by atoms with van der Waals surface area (Å²) >= 11 is 0. The molecule has 0 aromatic heterocycles. The third kappa shape index (κ3) is 5.67. The van der Waals surface area contributed by atoms with E-state index in [1.165, 1.54) is 0 Å². The zero-order chi connectivity index (χ0) is 16.7. The maximum absolute atomic E-state index is 12.0. The molecule has 1 N–H and O–H groups in total. The van der Waals surface area contributed by atoms with Crippen LogP contribution >= 0.6 is 0 Å². The Labute approximate surface area is 135 Å². The standard InChI is InChI=1S/C17H17NO4S/c18-12-15(19)9-10-23(20,21)13-14-5-4-8-17(11-14)22-16-6-2-1-3-7-16/h1-8,11-12,18H,9-10,13H2. The lowest BCUT2D eigenvalue weighted by atomic mass is 10.2. The van der Waals surface area contributed by atoms with Crippen LogP contribution in [0.4, 0.5) is 0 Å². The molecule has 23 heavy (non-hydrogen) atoms. The summed E-state index contributed by atoms with van der Waals surface area (Å²) in [4.78, 5) is 11.0. The van der Waals surface area contributed by atoms with Gasteiger partial charge >= 0.3 is 0 Å². The van der Waals surface area contributed by atoms with Gasteiger partial charge in [-0.05, 0) is 29.8 Å².